The summed E-state index contributed by atoms with van der Waals surface area (Å²) in [5, 5.41) is 3.37. The van der Waals surface area contributed by atoms with Crippen molar-refractivity contribution in [1.29, 1.82) is 0 Å². The molecule has 0 spiro atoms. The van der Waals surface area contributed by atoms with E-state index < -0.39 is 0 Å². The molecule has 1 N–H and O–H groups in total. The normalized spacial score (nSPS) is 21.8. The predicted octanol–water partition coefficient (Wildman–Crippen LogP) is 1.37. The Labute approximate surface area is 108 Å². The van der Waals surface area contributed by atoms with Crippen molar-refractivity contribution in [2.24, 2.45) is 0 Å². The molecule has 75 valence electrons. The van der Waals surface area contributed by atoms with Gasteiger partial charge in [0.25, 0.3) is 0 Å². The number of carbonyl (C=O) groups is 1. The number of carbonyl (C=O) groups excluding carboxylic acids is 1. The van der Waals surface area contributed by atoms with E-state index in [1.165, 1.54) is 0 Å². The molecular formula is C8H13INO2Po. The topological polar surface area (TPSA) is 38.3 Å². The molecule has 0 saturated heterocycles. The van der Waals surface area contributed by atoms with Gasteiger partial charge in [-0.05, 0) is 0 Å². The van der Waals surface area contributed by atoms with Crippen LogP contribution in [0.2, 0.25) is 4.08 Å². The number of nitrogens with one attached hydrogen (secondary N) is 1. The average molecular weight is 491 g/mol. The second kappa shape index (κ2) is 5.23. The van der Waals surface area contributed by atoms with E-state index in [2.05, 4.69) is 12.2 Å². The summed E-state index contributed by atoms with van der Waals surface area (Å²) in [5.41, 5.74) is -0.351. The fraction of sp³-hybridized carbons (Fsp3) is 0.875. The molecule has 1 saturated carbocycles. The number of hydrogen-bond acceptors (Lipinski definition) is 3. The van der Waals surface area contributed by atoms with Crippen molar-refractivity contribution in [3.63, 3.8) is 0 Å². The quantitative estimate of drug-likeness (QED) is 0.605. The third kappa shape index (κ3) is 2.76. The minimum atomic E-state index is -0.351. The molecule has 1 aliphatic rings. The van der Waals surface area contributed by atoms with E-state index in [4.69, 9.17) is 3.07 Å². The molecular weight excluding hydrogens is 478 g/mol. The van der Waals surface area contributed by atoms with Crippen LogP contribution in [0.4, 0.5) is 0 Å². The van der Waals surface area contributed by atoms with Gasteiger partial charge in [-0.15, -0.1) is 0 Å². The molecule has 1 aliphatic carbocycles. The van der Waals surface area contributed by atoms with Crippen LogP contribution in [0.25, 0.3) is 0 Å². The van der Waals surface area contributed by atoms with E-state index in [1.54, 1.807) is 48.1 Å². The summed E-state index contributed by atoms with van der Waals surface area (Å²) in [6.07, 6.45) is 2.98. The fourth-order valence-electron chi connectivity index (χ4n) is 1.52. The molecule has 0 bridgehead atoms. The van der Waals surface area contributed by atoms with Crippen LogP contribution in [0.3, 0.4) is 0 Å². The summed E-state index contributed by atoms with van der Waals surface area (Å²) in [7, 11) is 0. The van der Waals surface area contributed by atoms with Crippen molar-refractivity contribution in [3.8, 4) is 0 Å². The van der Waals surface area contributed by atoms with Crippen LogP contribution in [0.15, 0.2) is 0 Å². The van der Waals surface area contributed by atoms with Gasteiger partial charge < -0.3 is 0 Å². The van der Waals surface area contributed by atoms with Gasteiger partial charge >= 0.3 is 109 Å². The Morgan fingerprint density at radius 3 is 2.69 bits per heavy atom. The van der Waals surface area contributed by atoms with Gasteiger partial charge in [0.05, 0.1) is 0 Å². The van der Waals surface area contributed by atoms with E-state index in [0.717, 1.165) is 23.3 Å². The van der Waals surface area contributed by atoms with E-state index in [1.807, 2.05) is 0 Å². The van der Waals surface area contributed by atoms with Crippen molar-refractivity contribution in [2.45, 2.75) is 41.8 Å². The monoisotopic (exact) mass is 491 g/mol. The number of rotatable bonds is 4. The van der Waals surface area contributed by atoms with Crippen LogP contribution >= 0.6 is 23.0 Å². The minimum absolute atomic E-state index is 0.102. The van der Waals surface area contributed by atoms with Crippen LogP contribution in [0.1, 0.15) is 26.2 Å². The van der Waals surface area contributed by atoms with Crippen molar-refractivity contribution in [3.05, 3.63) is 0 Å². The number of hydrogen-bond donors (Lipinski definition) is 1. The summed E-state index contributed by atoms with van der Waals surface area (Å²) < 4.78 is 5.90. The molecule has 5 heteroatoms. The zero-order valence-electron chi connectivity index (χ0n) is 7.51. The third-order valence-corrected chi connectivity index (χ3v) is 4.78. The zero-order chi connectivity index (χ0) is 9.90. The van der Waals surface area contributed by atoms with Crippen LogP contribution in [-0.2, 0) is 7.86 Å². The second-order valence-electron chi connectivity index (χ2n) is 3.51. The summed E-state index contributed by atoms with van der Waals surface area (Å²) in [4.78, 5) is 11.5. The maximum absolute atomic E-state index is 11.5. The van der Waals surface area contributed by atoms with E-state index in [9.17, 15) is 4.79 Å². The Morgan fingerprint density at radius 2 is 2.38 bits per heavy atom. The van der Waals surface area contributed by atoms with Crippen molar-refractivity contribution in [1.82, 2.24) is 5.32 Å². The molecule has 0 aromatic rings. The molecule has 1 atom stereocenters. The molecule has 13 heavy (non-hydrogen) atoms. The maximum atomic E-state index is 11.5. The average Bonchev–Trinajstić information content (AvgIpc) is 2.09. The van der Waals surface area contributed by atoms with Gasteiger partial charge in [-0.3, -0.25) is 0 Å². The molecule has 0 heterocycles. The number of halogens is 1. The molecule has 0 aromatic carbocycles. The Hall–Kier alpha value is 1.06. The van der Waals surface area contributed by atoms with Crippen molar-refractivity contribution < 1.29 is 7.86 Å². The second-order valence-corrected chi connectivity index (χ2v) is 5.25. The Balaban J connectivity index is 2.54. The molecule has 1 fully saturated rings. The molecule has 1 rings (SSSR count). The summed E-state index contributed by atoms with van der Waals surface area (Å²) in [5.74, 6) is -0.102. The van der Waals surface area contributed by atoms with Gasteiger partial charge in [0.2, 0.25) is 0 Å². The zero-order valence-corrected chi connectivity index (χ0v) is 12.8. The summed E-state index contributed by atoms with van der Waals surface area (Å²) >= 11 is 3.22. The van der Waals surface area contributed by atoms with E-state index >= 15 is 0 Å². The van der Waals surface area contributed by atoms with Gasteiger partial charge in [0.1, 0.15) is 0 Å². The SMILES string of the molecule is CC([CH2][Po])NC1(C(=O)OI)CCC1. The van der Waals surface area contributed by atoms with Crippen LogP contribution in [0, 0.1) is 0 Å². The van der Waals surface area contributed by atoms with Crippen molar-refractivity contribution >= 4 is 54.0 Å². The first-order valence-electron chi connectivity index (χ1n) is 4.33. The Morgan fingerprint density at radius 1 is 1.77 bits per heavy atom. The predicted molar refractivity (Wildman–Crippen MR) is 59.9 cm³/mol. The van der Waals surface area contributed by atoms with Gasteiger partial charge in [-0.1, -0.05) is 0 Å². The van der Waals surface area contributed by atoms with Gasteiger partial charge in [-0.2, -0.15) is 0 Å². The Kier molecular flexibility index (Phi) is 4.88. The van der Waals surface area contributed by atoms with E-state index in [-0.39, 0.29) is 11.5 Å². The van der Waals surface area contributed by atoms with Crippen molar-refractivity contribution in [2.75, 3.05) is 0 Å². The fourth-order valence-corrected chi connectivity index (χ4v) is 2.27. The third-order valence-electron chi connectivity index (χ3n) is 2.44. The van der Waals surface area contributed by atoms with Gasteiger partial charge in [-0.25, -0.2) is 0 Å². The molecule has 3 nitrogen and oxygen atoms in total. The summed E-state index contributed by atoms with van der Waals surface area (Å²) in [6.45, 7) is 2.12. The summed E-state index contributed by atoms with van der Waals surface area (Å²) in [6, 6.07) is 0.422. The molecule has 0 aromatic heterocycles. The van der Waals surface area contributed by atoms with Gasteiger partial charge in [0.15, 0.2) is 0 Å². The van der Waals surface area contributed by atoms with Gasteiger partial charge in [0, 0.05) is 0 Å². The van der Waals surface area contributed by atoms with Crippen LogP contribution in [0.5, 0.6) is 0 Å². The first kappa shape index (κ1) is 12.1. The molecule has 1 unspecified atom stereocenters. The molecule has 1 radical (unpaired) electrons. The molecule has 0 aliphatic heterocycles. The van der Waals surface area contributed by atoms with Crippen LogP contribution in [-0.4, -0.2) is 42.6 Å². The molecule has 0 amide bonds. The standard InChI is InChI=1S/C8H13INO2.Po/c1-6(2)10-8(4-3-5-8)7(11)12-9;/h6,10H,1,3-5H2,2H3;. The first-order chi connectivity index (χ1) is 6.14. The van der Waals surface area contributed by atoms with Crippen LogP contribution < -0.4 is 5.32 Å². The van der Waals surface area contributed by atoms with E-state index in [0.29, 0.717) is 6.04 Å². The first-order valence-corrected chi connectivity index (χ1v) is 7.46. The Bertz CT molecular complexity index is 197.